The van der Waals surface area contributed by atoms with E-state index in [0.717, 1.165) is 25.7 Å². The van der Waals surface area contributed by atoms with Crippen LogP contribution < -0.4 is 0 Å². The maximum atomic E-state index is 12.1. The van der Waals surface area contributed by atoms with Gasteiger partial charge in [-0.3, -0.25) is 14.1 Å². The van der Waals surface area contributed by atoms with Crippen LogP contribution in [0, 0.1) is 17.8 Å². The van der Waals surface area contributed by atoms with E-state index in [1.807, 2.05) is 0 Å². The smallest absolute Gasteiger partial charge is 0.328 e. The Hall–Kier alpha value is -1.15. The largest absolute Gasteiger partial charge is 0.481 e. The quantitative estimate of drug-likeness (QED) is 0.245. The molecule has 0 bridgehead atoms. The van der Waals surface area contributed by atoms with Crippen molar-refractivity contribution in [2.24, 2.45) is 17.8 Å². The Morgan fingerprint density at radius 3 is 1.57 bits per heavy atom. The SMILES string of the molecule is CC(C)CCCCCC(C(=O)O)C(CCCCCC(C)C)(C(=O)O)S(=O)(=O)O. The predicted octanol–water partition coefficient (Wildman–Crippen LogP) is 4.61. The van der Waals surface area contributed by atoms with E-state index in [-0.39, 0.29) is 12.8 Å². The molecular weight excluding hydrogens is 384 g/mol. The number of hydrogen-bond donors (Lipinski definition) is 3. The summed E-state index contributed by atoms with van der Waals surface area (Å²) in [6, 6.07) is 0. The Kier molecular flexibility index (Phi) is 11.9. The number of carboxylic acid groups (broad SMARTS) is 2. The molecule has 8 heteroatoms. The molecule has 0 radical (unpaired) electrons. The molecule has 0 aromatic heterocycles. The molecule has 0 rings (SSSR count). The molecule has 0 saturated heterocycles. The first-order valence-electron chi connectivity index (χ1n) is 10.3. The summed E-state index contributed by atoms with van der Waals surface area (Å²) in [7, 11) is -5.11. The number of aliphatic carboxylic acids is 2. The lowest BCUT2D eigenvalue weighted by Gasteiger charge is -2.32. The number of hydrogen-bond acceptors (Lipinski definition) is 4. The standard InChI is InChI=1S/C20H38O7S/c1-15(2)11-7-5-9-13-17(18(21)22)20(19(23)24,28(25,26)27)14-10-6-8-12-16(3)4/h15-17H,5-14H2,1-4H3,(H,21,22)(H,23,24)(H,25,26,27). The Morgan fingerprint density at radius 2 is 1.21 bits per heavy atom. The van der Waals surface area contributed by atoms with Gasteiger partial charge in [-0.25, -0.2) is 0 Å². The second kappa shape index (κ2) is 12.4. The molecule has 28 heavy (non-hydrogen) atoms. The van der Waals surface area contributed by atoms with Crippen LogP contribution in [0.3, 0.4) is 0 Å². The van der Waals surface area contributed by atoms with Gasteiger partial charge in [0.2, 0.25) is 4.75 Å². The fourth-order valence-corrected chi connectivity index (χ4v) is 4.80. The minimum Gasteiger partial charge on any atom is -0.481 e. The van der Waals surface area contributed by atoms with Gasteiger partial charge in [-0.05, 0) is 24.7 Å². The Morgan fingerprint density at radius 1 is 0.786 bits per heavy atom. The Labute approximate surface area is 169 Å². The molecule has 0 spiro atoms. The third-order valence-corrected chi connectivity index (χ3v) is 6.87. The predicted molar refractivity (Wildman–Crippen MR) is 109 cm³/mol. The van der Waals surface area contributed by atoms with Crippen LogP contribution in [0.1, 0.15) is 91.9 Å². The second-order valence-electron chi connectivity index (χ2n) is 8.59. The molecule has 0 aliphatic heterocycles. The van der Waals surface area contributed by atoms with Crippen molar-refractivity contribution in [2.75, 3.05) is 0 Å². The van der Waals surface area contributed by atoms with Crippen molar-refractivity contribution in [1.82, 2.24) is 0 Å². The van der Waals surface area contributed by atoms with Crippen LogP contribution >= 0.6 is 0 Å². The second-order valence-corrected chi connectivity index (χ2v) is 10.3. The normalized spacial score (nSPS) is 15.5. The molecule has 7 nitrogen and oxygen atoms in total. The van der Waals surface area contributed by atoms with E-state index in [4.69, 9.17) is 0 Å². The van der Waals surface area contributed by atoms with Gasteiger partial charge in [0.25, 0.3) is 10.1 Å². The van der Waals surface area contributed by atoms with Crippen LogP contribution in [0.25, 0.3) is 0 Å². The molecule has 0 aromatic rings. The van der Waals surface area contributed by atoms with Crippen LogP contribution in [-0.2, 0) is 19.7 Å². The topological polar surface area (TPSA) is 129 Å². The van der Waals surface area contributed by atoms with E-state index in [9.17, 15) is 32.8 Å². The van der Waals surface area contributed by atoms with Gasteiger partial charge in [-0.1, -0.05) is 79.1 Å². The molecule has 2 atom stereocenters. The van der Waals surface area contributed by atoms with Crippen molar-refractivity contribution in [3.63, 3.8) is 0 Å². The highest BCUT2D eigenvalue weighted by molar-refractivity contribution is 7.88. The highest BCUT2D eigenvalue weighted by atomic mass is 32.2. The molecule has 0 aromatic carbocycles. The summed E-state index contributed by atoms with van der Waals surface area (Å²) in [5.41, 5.74) is 0. The summed E-state index contributed by atoms with van der Waals surface area (Å²) in [6.45, 7) is 8.26. The molecule has 3 N–H and O–H groups in total. The lowest BCUT2D eigenvalue weighted by molar-refractivity contribution is -0.152. The summed E-state index contributed by atoms with van der Waals surface area (Å²) in [4.78, 5) is 23.8. The maximum absolute atomic E-state index is 12.1. The average molecular weight is 423 g/mol. The third-order valence-electron chi connectivity index (χ3n) is 5.29. The lowest BCUT2D eigenvalue weighted by atomic mass is 9.82. The van der Waals surface area contributed by atoms with E-state index in [1.54, 1.807) is 0 Å². The van der Waals surface area contributed by atoms with Crippen molar-refractivity contribution in [2.45, 2.75) is 96.7 Å². The number of carboxylic acids is 2. The molecule has 0 fully saturated rings. The molecule has 0 heterocycles. The van der Waals surface area contributed by atoms with Gasteiger partial charge in [0.05, 0.1) is 5.92 Å². The van der Waals surface area contributed by atoms with Crippen molar-refractivity contribution >= 4 is 22.1 Å². The molecule has 0 amide bonds. The molecule has 0 saturated carbocycles. The lowest BCUT2D eigenvalue weighted by Crippen LogP contribution is -2.55. The van der Waals surface area contributed by atoms with Crippen LogP contribution in [0.4, 0.5) is 0 Å². The van der Waals surface area contributed by atoms with Crippen molar-refractivity contribution < 1.29 is 32.8 Å². The number of rotatable bonds is 16. The van der Waals surface area contributed by atoms with Crippen LogP contribution in [0.15, 0.2) is 0 Å². The minimum atomic E-state index is -5.11. The van der Waals surface area contributed by atoms with E-state index < -0.39 is 39.1 Å². The zero-order valence-electron chi connectivity index (χ0n) is 17.7. The van der Waals surface area contributed by atoms with Crippen molar-refractivity contribution in [3.05, 3.63) is 0 Å². The monoisotopic (exact) mass is 422 g/mol. The van der Waals surface area contributed by atoms with Crippen molar-refractivity contribution in [1.29, 1.82) is 0 Å². The fraction of sp³-hybridized carbons (Fsp3) is 0.900. The summed E-state index contributed by atoms with van der Waals surface area (Å²) >= 11 is 0. The van der Waals surface area contributed by atoms with Crippen LogP contribution in [0.5, 0.6) is 0 Å². The first kappa shape index (κ1) is 26.9. The highest BCUT2D eigenvalue weighted by Crippen LogP contribution is 2.37. The van der Waals surface area contributed by atoms with E-state index in [2.05, 4.69) is 27.7 Å². The first-order chi connectivity index (χ1) is 12.9. The molecule has 2 unspecified atom stereocenters. The molecule has 0 aliphatic rings. The van der Waals surface area contributed by atoms with Crippen molar-refractivity contribution in [3.8, 4) is 0 Å². The van der Waals surface area contributed by atoms with Crippen LogP contribution in [0.2, 0.25) is 0 Å². The number of carbonyl (C=O) groups is 2. The van der Waals surface area contributed by atoms with Gasteiger partial charge in [-0.2, -0.15) is 8.42 Å². The van der Waals surface area contributed by atoms with Gasteiger partial charge in [0, 0.05) is 0 Å². The van der Waals surface area contributed by atoms with E-state index in [1.165, 1.54) is 0 Å². The van der Waals surface area contributed by atoms with E-state index >= 15 is 0 Å². The molecule has 166 valence electrons. The Bertz CT molecular complexity index is 583. The van der Waals surface area contributed by atoms with Gasteiger partial charge < -0.3 is 10.2 Å². The summed E-state index contributed by atoms with van der Waals surface area (Å²) in [5, 5.41) is 19.3. The van der Waals surface area contributed by atoms with Crippen LogP contribution in [-0.4, -0.2) is 39.9 Å². The van der Waals surface area contributed by atoms with Gasteiger partial charge in [-0.15, -0.1) is 0 Å². The fourth-order valence-electron chi connectivity index (χ4n) is 3.60. The van der Waals surface area contributed by atoms with E-state index in [0.29, 0.717) is 31.1 Å². The summed E-state index contributed by atoms with van der Waals surface area (Å²) in [6.07, 6.45) is 4.98. The zero-order chi connectivity index (χ0) is 22.0. The maximum Gasteiger partial charge on any atom is 0.328 e. The zero-order valence-corrected chi connectivity index (χ0v) is 18.5. The van der Waals surface area contributed by atoms with Gasteiger partial charge in [0.1, 0.15) is 0 Å². The minimum absolute atomic E-state index is 0.0918. The Balaban J connectivity index is 5.35. The molecule has 0 aliphatic carbocycles. The third kappa shape index (κ3) is 8.47. The number of unbranched alkanes of at least 4 members (excludes halogenated alkanes) is 4. The first-order valence-corrected chi connectivity index (χ1v) is 11.7. The average Bonchev–Trinajstić information content (AvgIpc) is 2.52. The summed E-state index contributed by atoms with van der Waals surface area (Å²) < 4.78 is 31.3. The van der Waals surface area contributed by atoms with Gasteiger partial charge >= 0.3 is 11.9 Å². The summed E-state index contributed by atoms with van der Waals surface area (Å²) in [5.74, 6) is -3.97. The highest BCUT2D eigenvalue weighted by Gasteiger charge is 2.58. The van der Waals surface area contributed by atoms with Gasteiger partial charge in [0.15, 0.2) is 0 Å². The molecular formula is C20H38O7S.